The minimum absolute atomic E-state index is 0. The van der Waals surface area contributed by atoms with Crippen LogP contribution in [0.3, 0.4) is 0 Å². The second-order valence-corrected chi connectivity index (χ2v) is 3.82. The molecule has 83 valence electrons. The molecular weight excluding hydrogens is 217 g/mol. The van der Waals surface area contributed by atoms with E-state index in [4.69, 9.17) is 5.11 Å². The molecular formula is C10H21NO2V. The summed E-state index contributed by atoms with van der Waals surface area (Å²) in [7, 11) is 1.79. The summed E-state index contributed by atoms with van der Waals surface area (Å²) in [6.45, 7) is 5.04. The Labute approximate surface area is 98.7 Å². The zero-order valence-corrected chi connectivity index (χ0v) is 10.8. The summed E-state index contributed by atoms with van der Waals surface area (Å²) in [4.78, 5) is 13.1. The fourth-order valence-electron chi connectivity index (χ4n) is 1.04. The number of rotatable bonds is 6. The van der Waals surface area contributed by atoms with E-state index in [0.29, 0.717) is 25.3 Å². The summed E-state index contributed by atoms with van der Waals surface area (Å²) in [5, 5.41) is 8.58. The van der Waals surface area contributed by atoms with Crippen molar-refractivity contribution >= 4 is 5.91 Å². The minimum atomic E-state index is 0. The predicted molar refractivity (Wildman–Crippen MR) is 53.4 cm³/mol. The summed E-state index contributed by atoms with van der Waals surface area (Å²) in [5.41, 5.74) is 0. The van der Waals surface area contributed by atoms with Crippen LogP contribution in [-0.4, -0.2) is 36.1 Å². The van der Waals surface area contributed by atoms with Crippen LogP contribution in [0.25, 0.3) is 0 Å². The Bertz CT molecular complexity index is 151. The number of amides is 1. The molecule has 0 aromatic heterocycles. The van der Waals surface area contributed by atoms with Crippen LogP contribution in [0.15, 0.2) is 0 Å². The largest absolute Gasteiger partial charge is 0.396 e. The van der Waals surface area contributed by atoms with E-state index in [2.05, 4.69) is 13.8 Å². The molecule has 0 aliphatic carbocycles. The quantitative estimate of drug-likeness (QED) is 0.756. The van der Waals surface area contributed by atoms with Crippen LogP contribution in [0.2, 0.25) is 0 Å². The predicted octanol–water partition coefficient (Wildman–Crippen LogP) is 1.26. The van der Waals surface area contributed by atoms with Crippen LogP contribution in [0.5, 0.6) is 0 Å². The SMILES string of the molecule is CC(C)CCC(=O)N(C)CCCO.[V]. The first-order valence-corrected chi connectivity index (χ1v) is 4.92. The molecule has 1 amide bonds. The molecule has 4 heteroatoms. The van der Waals surface area contributed by atoms with E-state index >= 15 is 0 Å². The standard InChI is InChI=1S/C10H21NO2.V/c1-9(2)5-6-10(13)11(3)7-4-8-12;/h9,12H,4-8H2,1-3H3;. The molecule has 0 heterocycles. The smallest absolute Gasteiger partial charge is 0.222 e. The molecule has 14 heavy (non-hydrogen) atoms. The molecule has 0 aliphatic rings. The van der Waals surface area contributed by atoms with Gasteiger partial charge in [0.25, 0.3) is 0 Å². The molecule has 1 N–H and O–H groups in total. The number of hydrogen-bond donors (Lipinski definition) is 1. The first-order valence-electron chi connectivity index (χ1n) is 4.92. The molecule has 0 atom stereocenters. The van der Waals surface area contributed by atoms with Crippen LogP contribution < -0.4 is 0 Å². The number of hydrogen-bond acceptors (Lipinski definition) is 2. The van der Waals surface area contributed by atoms with Crippen LogP contribution >= 0.6 is 0 Å². The Balaban J connectivity index is 0. The van der Waals surface area contributed by atoms with Gasteiger partial charge in [-0.2, -0.15) is 0 Å². The molecule has 0 aliphatic heterocycles. The normalized spacial score (nSPS) is 9.79. The van der Waals surface area contributed by atoms with Crippen molar-refractivity contribution in [1.29, 1.82) is 0 Å². The Kier molecular flexibility index (Phi) is 11.2. The van der Waals surface area contributed by atoms with E-state index < -0.39 is 0 Å². The van der Waals surface area contributed by atoms with Gasteiger partial charge in [-0.3, -0.25) is 4.79 Å². The zero-order valence-electron chi connectivity index (χ0n) is 9.36. The number of aliphatic hydroxyl groups is 1. The van der Waals surface area contributed by atoms with E-state index in [9.17, 15) is 4.79 Å². The van der Waals surface area contributed by atoms with Gasteiger partial charge in [0.2, 0.25) is 5.91 Å². The third-order valence-electron chi connectivity index (χ3n) is 2.01. The van der Waals surface area contributed by atoms with Gasteiger partial charge in [-0.25, -0.2) is 0 Å². The summed E-state index contributed by atoms with van der Waals surface area (Å²) >= 11 is 0. The van der Waals surface area contributed by atoms with E-state index in [0.717, 1.165) is 6.42 Å². The Morgan fingerprint density at radius 3 is 2.43 bits per heavy atom. The molecule has 1 radical (unpaired) electrons. The van der Waals surface area contributed by atoms with Crippen molar-refractivity contribution < 1.29 is 28.5 Å². The molecule has 0 saturated heterocycles. The molecule has 0 unspecified atom stereocenters. The fraction of sp³-hybridized carbons (Fsp3) is 0.900. The van der Waals surface area contributed by atoms with E-state index in [1.807, 2.05) is 0 Å². The molecule has 0 aromatic carbocycles. The maximum atomic E-state index is 11.4. The van der Waals surface area contributed by atoms with Gasteiger partial charge >= 0.3 is 0 Å². The molecule has 0 spiro atoms. The van der Waals surface area contributed by atoms with E-state index in [-0.39, 0.29) is 31.1 Å². The van der Waals surface area contributed by atoms with Gasteiger partial charge in [0.05, 0.1) is 0 Å². The van der Waals surface area contributed by atoms with Gasteiger partial charge in [-0.1, -0.05) is 13.8 Å². The number of aliphatic hydroxyl groups excluding tert-OH is 1. The fourth-order valence-corrected chi connectivity index (χ4v) is 1.04. The Hall–Kier alpha value is 0.0144. The third-order valence-corrected chi connectivity index (χ3v) is 2.01. The van der Waals surface area contributed by atoms with Crippen molar-refractivity contribution in [2.45, 2.75) is 33.1 Å². The van der Waals surface area contributed by atoms with E-state index in [1.165, 1.54) is 0 Å². The minimum Gasteiger partial charge on any atom is -0.396 e. The van der Waals surface area contributed by atoms with Gasteiger partial charge < -0.3 is 10.0 Å². The molecule has 0 saturated carbocycles. The second kappa shape index (κ2) is 9.56. The van der Waals surface area contributed by atoms with Crippen molar-refractivity contribution in [3.8, 4) is 0 Å². The van der Waals surface area contributed by atoms with Crippen molar-refractivity contribution in [2.75, 3.05) is 20.2 Å². The Morgan fingerprint density at radius 2 is 2.00 bits per heavy atom. The van der Waals surface area contributed by atoms with Crippen LogP contribution in [0.4, 0.5) is 0 Å². The van der Waals surface area contributed by atoms with E-state index in [1.54, 1.807) is 11.9 Å². The van der Waals surface area contributed by atoms with Crippen molar-refractivity contribution in [2.24, 2.45) is 5.92 Å². The zero-order chi connectivity index (χ0) is 10.3. The van der Waals surface area contributed by atoms with Crippen LogP contribution in [0, 0.1) is 5.92 Å². The van der Waals surface area contributed by atoms with Gasteiger partial charge in [0.1, 0.15) is 0 Å². The average Bonchev–Trinajstić information content (AvgIpc) is 2.10. The molecule has 3 nitrogen and oxygen atoms in total. The monoisotopic (exact) mass is 238 g/mol. The number of carbonyl (C=O) groups excluding carboxylic acids is 1. The number of carbonyl (C=O) groups is 1. The first kappa shape index (κ1) is 16.4. The molecule has 0 fully saturated rings. The van der Waals surface area contributed by atoms with Gasteiger partial charge in [0.15, 0.2) is 0 Å². The maximum absolute atomic E-state index is 11.4. The maximum Gasteiger partial charge on any atom is 0.222 e. The molecule has 0 aromatic rings. The number of nitrogens with zero attached hydrogens (tertiary/aromatic N) is 1. The average molecular weight is 238 g/mol. The summed E-state index contributed by atoms with van der Waals surface area (Å²) in [6, 6.07) is 0. The topological polar surface area (TPSA) is 40.5 Å². The van der Waals surface area contributed by atoms with Gasteiger partial charge in [-0.05, 0) is 18.8 Å². The molecule has 0 bridgehead atoms. The summed E-state index contributed by atoms with van der Waals surface area (Å²) in [6.07, 6.45) is 2.24. The van der Waals surface area contributed by atoms with Crippen molar-refractivity contribution in [3.05, 3.63) is 0 Å². The summed E-state index contributed by atoms with van der Waals surface area (Å²) in [5.74, 6) is 0.761. The van der Waals surface area contributed by atoms with Crippen molar-refractivity contribution in [1.82, 2.24) is 4.90 Å². The second-order valence-electron chi connectivity index (χ2n) is 3.82. The molecule has 0 rings (SSSR count). The van der Waals surface area contributed by atoms with Crippen LogP contribution in [0.1, 0.15) is 33.1 Å². The van der Waals surface area contributed by atoms with Gasteiger partial charge in [-0.15, -0.1) is 0 Å². The first-order chi connectivity index (χ1) is 6.07. The third kappa shape index (κ3) is 8.61. The van der Waals surface area contributed by atoms with Crippen LogP contribution in [-0.2, 0) is 23.4 Å². The van der Waals surface area contributed by atoms with Gasteiger partial charge in [0, 0.05) is 45.2 Å². The van der Waals surface area contributed by atoms with Crippen molar-refractivity contribution in [3.63, 3.8) is 0 Å². The Morgan fingerprint density at radius 1 is 1.43 bits per heavy atom. The summed E-state index contributed by atoms with van der Waals surface area (Å²) < 4.78 is 0.